The van der Waals surface area contributed by atoms with E-state index in [-0.39, 0.29) is 5.41 Å². The molecule has 0 radical (unpaired) electrons. The summed E-state index contributed by atoms with van der Waals surface area (Å²) in [6, 6.07) is 8.18. The van der Waals surface area contributed by atoms with E-state index in [2.05, 4.69) is 41.4 Å². The molecule has 100 valence electrons. The molecule has 4 heteroatoms. The van der Waals surface area contributed by atoms with Gasteiger partial charge in [-0.1, -0.05) is 28.9 Å². The van der Waals surface area contributed by atoms with Crippen LogP contribution >= 0.6 is 0 Å². The lowest BCUT2D eigenvalue weighted by molar-refractivity contribution is 0.245. The molecule has 0 bridgehead atoms. The molecule has 1 aliphatic heterocycles. The molecule has 0 amide bonds. The molecule has 1 saturated heterocycles. The van der Waals surface area contributed by atoms with Crippen LogP contribution in [0.4, 0.5) is 0 Å². The zero-order valence-corrected chi connectivity index (χ0v) is 11.4. The number of benzene rings is 1. The van der Waals surface area contributed by atoms with Gasteiger partial charge in [0.05, 0.1) is 5.41 Å². The topological polar surface area (TPSA) is 51.0 Å². The number of nitrogens with zero attached hydrogens (tertiary/aromatic N) is 2. The molecule has 1 atom stereocenters. The van der Waals surface area contributed by atoms with Crippen molar-refractivity contribution in [2.24, 2.45) is 0 Å². The van der Waals surface area contributed by atoms with Crippen molar-refractivity contribution >= 4 is 0 Å². The van der Waals surface area contributed by atoms with Gasteiger partial charge in [-0.25, -0.2) is 0 Å². The Morgan fingerprint density at radius 2 is 2.26 bits per heavy atom. The van der Waals surface area contributed by atoms with E-state index in [0.29, 0.717) is 5.82 Å². The normalized spacial score (nSPS) is 23.5. The lowest BCUT2D eigenvalue weighted by atomic mass is 9.83. The first-order valence-corrected chi connectivity index (χ1v) is 6.79. The van der Waals surface area contributed by atoms with Crippen LogP contribution in [0, 0.1) is 6.92 Å². The maximum atomic E-state index is 5.50. The minimum atomic E-state index is -0.0344. The summed E-state index contributed by atoms with van der Waals surface area (Å²) in [6.07, 6.45) is 2.24. The van der Waals surface area contributed by atoms with Crippen LogP contribution in [0.2, 0.25) is 0 Å². The number of nitrogens with one attached hydrogen (secondary N) is 1. The van der Waals surface area contributed by atoms with Gasteiger partial charge in [0.1, 0.15) is 0 Å². The smallest absolute Gasteiger partial charge is 0.234 e. The molecule has 0 saturated carbocycles. The molecular weight excluding hydrogens is 238 g/mol. The van der Waals surface area contributed by atoms with Crippen LogP contribution in [-0.2, 0) is 5.41 Å². The van der Waals surface area contributed by atoms with Crippen molar-refractivity contribution in [3.63, 3.8) is 0 Å². The summed E-state index contributed by atoms with van der Waals surface area (Å²) in [6.45, 7) is 6.24. The van der Waals surface area contributed by atoms with Gasteiger partial charge in [0.15, 0.2) is 0 Å². The average Bonchev–Trinajstić information content (AvgIpc) is 2.90. The van der Waals surface area contributed by atoms with E-state index in [1.165, 1.54) is 5.56 Å². The van der Waals surface area contributed by atoms with Gasteiger partial charge in [-0.3, -0.25) is 0 Å². The molecule has 4 nitrogen and oxygen atoms in total. The number of aryl methyl sites for hydroxylation is 1. The van der Waals surface area contributed by atoms with E-state index in [1.807, 2.05) is 12.1 Å². The predicted molar refractivity (Wildman–Crippen MR) is 73.9 cm³/mol. The van der Waals surface area contributed by atoms with Gasteiger partial charge in [0.2, 0.25) is 11.7 Å². The highest BCUT2D eigenvalue weighted by Gasteiger charge is 2.34. The number of hydrogen-bond acceptors (Lipinski definition) is 4. The lowest BCUT2D eigenvalue weighted by Crippen LogP contribution is -2.41. The third kappa shape index (κ3) is 2.40. The fourth-order valence-electron chi connectivity index (χ4n) is 2.61. The van der Waals surface area contributed by atoms with Crippen molar-refractivity contribution in [2.75, 3.05) is 13.1 Å². The number of rotatable bonds is 2. The Bertz CT molecular complexity index is 570. The molecule has 1 aromatic carbocycles. The van der Waals surface area contributed by atoms with Gasteiger partial charge in [-0.15, -0.1) is 0 Å². The SMILES string of the molecule is Cc1cccc(-c2noc(C3(C)CCCNC3)n2)c1. The molecule has 2 heterocycles. The second-order valence-electron chi connectivity index (χ2n) is 5.63. The maximum absolute atomic E-state index is 5.50. The molecule has 2 aromatic rings. The van der Waals surface area contributed by atoms with Crippen molar-refractivity contribution < 1.29 is 4.52 Å². The Hall–Kier alpha value is -1.68. The second-order valence-corrected chi connectivity index (χ2v) is 5.63. The summed E-state index contributed by atoms with van der Waals surface area (Å²) >= 11 is 0. The van der Waals surface area contributed by atoms with Gasteiger partial charge in [0, 0.05) is 12.1 Å². The third-order valence-corrected chi connectivity index (χ3v) is 3.82. The Morgan fingerprint density at radius 1 is 1.37 bits per heavy atom. The minimum Gasteiger partial charge on any atom is -0.338 e. The van der Waals surface area contributed by atoms with Crippen LogP contribution < -0.4 is 5.32 Å². The maximum Gasteiger partial charge on any atom is 0.234 e. The van der Waals surface area contributed by atoms with Gasteiger partial charge in [0.25, 0.3) is 0 Å². The Balaban J connectivity index is 1.91. The van der Waals surface area contributed by atoms with E-state index in [4.69, 9.17) is 4.52 Å². The summed E-state index contributed by atoms with van der Waals surface area (Å²) < 4.78 is 5.50. The van der Waals surface area contributed by atoms with Gasteiger partial charge in [-0.05, 0) is 39.3 Å². The Labute approximate surface area is 113 Å². The fraction of sp³-hybridized carbons (Fsp3) is 0.467. The number of piperidine rings is 1. The number of hydrogen-bond donors (Lipinski definition) is 1. The molecular formula is C15H19N3O. The highest BCUT2D eigenvalue weighted by atomic mass is 16.5. The first-order chi connectivity index (χ1) is 9.17. The average molecular weight is 257 g/mol. The first-order valence-electron chi connectivity index (χ1n) is 6.79. The summed E-state index contributed by atoms with van der Waals surface area (Å²) in [5.74, 6) is 1.43. The summed E-state index contributed by atoms with van der Waals surface area (Å²) in [4.78, 5) is 4.60. The predicted octanol–water partition coefficient (Wildman–Crippen LogP) is 2.69. The van der Waals surface area contributed by atoms with Crippen LogP contribution in [0.5, 0.6) is 0 Å². The highest BCUT2D eigenvalue weighted by Crippen LogP contribution is 2.30. The molecule has 1 unspecified atom stereocenters. The first kappa shape index (κ1) is 12.4. The van der Waals surface area contributed by atoms with Crippen molar-refractivity contribution in [1.82, 2.24) is 15.5 Å². The van der Waals surface area contributed by atoms with E-state index in [0.717, 1.165) is 37.4 Å². The monoisotopic (exact) mass is 257 g/mol. The van der Waals surface area contributed by atoms with Crippen LogP contribution in [0.1, 0.15) is 31.2 Å². The van der Waals surface area contributed by atoms with Gasteiger partial charge < -0.3 is 9.84 Å². The van der Waals surface area contributed by atoms with Crippen LogP contribution in [0.15, 0.2) is 28.8 Å². The van der Waals surface area contributed by atoms with Crippen molar-refractivity contribution in [1.29, 1.82) is 0 Å². The molecule has 1 aromatic heterocycles. The van der Waals surface area contributed by atoms with E-state index in [9.17, 15) is 0 Å². The fourth-order valence-corrected chi connectivity index (χ4v) is 2.61. The molecule has 1 aliphatic rings. The summed E-state index contributed by atoms with van der Waals surface area (Å²) in [7, 11) is 0. The molecule has 3 rings (SSSR count). The van der Waals surface area contributed by atoms with E-state index < -0.39 is 0 Å². The standard InChI is InChI=1S/C15H19N3O/c1-11-5-3-6-12(9-11)13-17-14(19-18-13)15(2)7-4-8-16-10-15/h3,5-6,9,16H,4,7-8,10H2,1-2H3. The minimum absolute atomic E-state index is 0.0344. The second kappa shape index (κ2) is 4.78. The molecule has 1 N–H and O–H groups in total. The lowest BCUT2D eigenvalue weighted by Gasteiger charge is -2.30. The quantitative estimate of drug-likeness (QED) is 0.898. The molecule has 0 spiro atoms. The van der Waals surface area contributed by atoms with Crippen molar-refractivity contribution in [3.05, 3.63) is 35.7 Å². The van der Waals surface area contributed by atoms with Crippen LogP contribution in [0.25, 0.3) is 11.4 Å². The summed E-state index contributed by atoms with van der Waals surface area (Å²) in [5, 5.41) is 7.54. The highest BCUT2D eigenvalue weighted by molar-refractivity contribution is 5.55. The van der Waals surface area contributed by atoms with Gasteiger partial charge >= 0.3 is 0 Å². The van der Waals surface area contributed by atoms with Gasteiger partial charge in [-0.2, -0.15) is 4.98 Å². The molecule has 0 aliphatic carbocycles. The largest absolute Gasteiger partial charge is 0.338 e. The zero-order valence-electron chi connectivity index (χ0n) is 11.4. The van der Waals surface area contributed by atoms with E-state index >= 15 is 0 Å². The Kier molecular flexibility index (Phi) is 3.11. The van der Waals surface area contributed by atoms with Crippen LogP contribution in [-0.4, -0.2) is 23.2 Å². The Morgan fingerprint density at radius 3 is 3.00 bits per heavy atom. The van der Waals surface area contributed by atoms with Crippen LogP contribution in [0.3, 0.4) is 0 Å². The van der Waals surface area contributed by atoms with E-state index in [1.54, 1.807) is 0 Å². The number of aromatic nitrogens is 2. The van der Waals surface area contributed by atoms with Crippen molar-refractivity contribution in [2.45, 2.75) is 32.1 Å². The van der Waals surface area contributed by atoms with Crippen molar-refractivity contribution in [3.8, 4) is 11.4 Å². The molecule has 1 fully saturated rings. The third-order valence-electron chi connectivity index (χ3n) is 3.82. The zero-order chi connectivity index (χ0) is 13.3. The molecule has 19 heavy (non-hydrogen) atoms. The summed E-state index contributed by atoms with van der Waals surface area (Å²) in [5.41, 5.74) is 2.18.